The van der Waals surface area contributed by atoms with E-state index in [1.165, 1.54) is 35.1 Å². The molecule has 1 heteroatoms. The number of fused-ring (bicyclic) bond motifs is 1. The molecule has 0 unspecified atom stereocenters. The lowest BCUT2D eigenvalue weighted by Gasteiger charge is -2.20. The van der Waals surface area contributed by atoms with E-state index in [1.54, 1.807) is 0 Å². The van der Waals surface area contributed by atoms with Gasteiger partial charge in [0.25, 0.3) is 0 Å². The molecule has 2 aromatic carbocycles. The van der Waals surface area contributed by atoms with Crippen molar-refractivity contribution in [3.63, 3.8) is 0 Å². The largest absolute Gasteiger partial charge is 0.508 e. The first-order valence-corrected chi connectivity index (χ1v) is 6.25. The predicted molar refractivity (Wildman–Crippen MR) is 70.2 cm³/mol. The summed E-state index contributed by atoms with van der Waals surface area (Å²) in [5, 5.41) is 9.83. The van der Waals surface area contributed by atoms with Crippen LogP contribution in [0.1, 0.15) is 24.0 Å². The number of rotatable bonds is 1. The zero-order valence-corrected chi connectivity index (χ0v) is 9.82. The first-order chi connectivity index (χ1) is 8.34. The van der Waals surface area contributed by atoms with Crippen molar-refractivity contribution in [3.8, 4) is 16.9 Å². The Balaban J connectivity index is 2.19. The lowest BCUT2D eigenvalue weighted by Crippen LogP contribution is -2.04. The Morgan fingerprint density at radius 3 is 2.47 bits per heavy atom. The van der Waals surface area contributed by atoms with Crippen LogP contribution in [0.25, 0.3) is 11.1 Å². The second-order valence-electron chi connectivity index (χ2n) is 4.70. The number of aromatic hydroxyl groups is 1. The molecule has 0 radical (unpaired) electrons. The molecule has 2 aromatic rings. The van der Waals surface area contributed by atoms with E-state index in [2.05, 4.69) is 24.3 Å². The van der Waals surface area contributed by atoms with Gasteiger partial charge < -0.3 is 5.11 Å². The van der Waals surface area contributed by atoms with Crippen LogP contribution in [0.3, 0.4) is 0 Å². The van der Waals surface area contributed by atoms with Crippen LogP contribution >= 0.6 is 0 Å². The summed E-state index contributed by atoms with van der Waals surface area (Å²) in [6, 6.07) is 14.2. The minimum atomic E-state index is 0.393. The number of hydrogen-bond acceptors (Lipinski definition) is 1. The Bertz CT molecular complexity index is 529. The Kier molecular flexibility index (Phi) is 2.60. The number of hydrogen-bond donors (Lipinski definition) is 1. The summed E-state index contributed by atoms with van der Waals surface area (Å²) in [5.74, 6) is 0.393. The highest BCUT2D eigenvalue weighted by Gasteiger charge is 2.15. The maximum atomic E-state index is 9.83. The smallest absolute Gasteiger partial charge is 0.116 e. The van der Waals surface area contributed by atoms with Gasteiger partial charge in [-0.2, -0.15) is 0 Å². The quantitative estimate of drug-likeness (QED) is 0.778. The Hall–Kier alpha value is -1.76. The third kappa shape index (κ3) is 1.93. The van der Waals surface area contributed by atoms with E-state index in [-0.39, 0.29) is 0 Å². The SMILES string of the molecule is Oc1cc2c(c(-c3ccccc3)c1)CCCC2. The second kappa shape index (κ2) is 4.25. The molecule has 0 saturated carbocycles. The number of phenols is 1. The molecule has 17 heavy (non-hydrogen) atoms. The van der Waals surface area contributed by atoms with Gasteiger partial charge in [-0.15, -0.1) is 0 Å². The summed E-state index contributed by atoms with van der Waals surface area (Å²) < 4.78 is 0. The van der Waals surface area contributed by atoms with Crippen molar-refractivity contribution in [2.75, 3.05) is 0 Å². The summed E-state index contributed by atoms with van der Waals surface area (Å²) in [4.78, 5) is 0. The Morgan fingerprint density at radius 2 is 1.65 bits per heavy atom. The normalized spacial score (nSPS) is 14.4. The van der Waals surface area contributed by atoms with Crippen LogP contribution in [0, 0.1) is 0 Å². The average molecular weight is 224 g/mol. The molecule has 0 aliphatic heterocycles. The maximum Gasteiger partial charge on any atom is 0.116 e. The van der Waals surface area contributed by atoms with Gasteiger partial charge in [0.1, 0.15) is 5.75 Å². The van der Waals surface area contributed by atoms with Gasteiger partial charge in [0.05, 0.1) is 0 Å². The Morgan fingerprint density at radius 1 is 0.882 bits per heavy atom. The van der Waals surface area contributed by atoms with Crippen LogP contribution in [-0.4, -0.2) is 5.11 Å². The van der Waals surface area contributed by atoms with Crippen molar-refractivity contribution in [2.24, 2.45) is 0 Å². The highest BCUT2D eigenvalue weighted by atomic mass is 16.3. The molecular weight excluding hydrogens is 208 g/mol. The fraction of sp³-hybridized carbons (Fsp3) is 0.250. The Labute approximate surface area is 102 Å². The van der Waals surface area contributed by atoms with Crippen LogP contribution in [0.4, 0.5) is 0 Å². The number of benzene rings is 2. The average Bonchev–Trinajstić information content (AvgIpc) is 2.39. The van der Waals surface area contributed by atoms with Gasteiger partial charge in [-0.05, 0) is 60.1 Å². The molecule has 3 rings (SSSR count). The summed E-state index contributed by atoms with van der Waals surface area (Å²) >= 11 is 0. The molecule has 1 N–H and O–H groups in total. The number of phenolic OH excluding ortho intramolecular Hbond substituents is 1. The first-order valence-electron chi connectivity index (χ1n) is 6.25. The first kappa shape index (κ1) is 10.4. The topological polar surface area (TPSA) is 20.2 Å². The summed E-state index contributed by atoms with van der Waals surface area (Å²) in [7, 11) is 0. The molecule has 0 spiro atoms. The fourth-order valence-electron chi connectivity index (χ4n) is 2.73. The van der Waals surface area contributed by atoms with E-state index in [1.807, 2.05) is 18.2 Å². The van der Waals surface area contributed by atoms with E-state index in [9.17, 15) is 5.11 Å². The minimum absolute atomic E-state index is 0.393. The van der Waals surface area contributed by atoms with Gasteiger partial charge in [0.2, 0.25) is 0 Å². The molecule has 0 heterocycles. The molecule has 86 valence electrons. The lowest BCUT2D eigenvalue weighted by atomic mass is 9.85. The van der Waals surface area contributed by atoms with Crippen molar-refractivity contribution in [2.45, 2.75) is 25.7 Å². The van der Waals surface area contributed by atoms with Crippen LogP contribution in [-0.2, 0) is 12.8 Å². The van der Waals surface area contributed by atoms with Gasteiger partial charge in [-0.25, -0.2) is 0 Å². The molecule has 0 amide bonds. The van der Waals surface area contributed by atoms with E-state index in [4.69, 9.17) is 0 Å². The van der Waals surface area contributed by atoms with Crippen LogP contribution in [0.5, 0.6) is 5.75 Å². The molecule has 0 fully saturated rings. The van der Waals surface area contributed by atoms with E-state index < -0.39 is 0 Å². The minimum Gasteiger partial charge on any atom is -0.508 e. The molecular formula is C16H16O. The molecule has 1 aliphatic carbocycles. The summed E-state index contributed by atoms with van der Waals surface area (Å²) in [6.07, 6.45) is 4.74. The zero-order chi connectivity index (χ0) is 11.7. The van der Waals surface area contributed by atoms with Gasteiger partial charge >= 0.3 is 0 Å². The molecule has 0 aromatic heterocycles. The maximum absolute atomic E-state index is 9.83. The molecule has 0 atom stereocenters. The molecule has 1 aliphatic rings. The van der Waals surface area contributed by atoms with Crippen molar-refractivity contribution in [3.05, 3.63) is 53.6 Å². The van der Waals surface area contributed by atoms with Gasteiger partial charge in [0.15, 0.2) is 0 Å². The van der Waals surface area contributed by atoms with Gasteiger partial charge in [0, 0.05) is 0 Å². The van der Waals surface area contributed by atoms with Crippen molar-refractivity contribution < 1.29 is 5.11 Å². The van der Waals surface area contributed by atoms with Crippen LogP contribution in [0.2, 0.25) is 0 Å². The molecule has 0 bridgehead atoms. The molecule has 0 saturated heterocycles. The predicted octanol–water partition coefficient (Wildman–Crippen LogP) is 3.94. The van der Waals surface area contributed by atoms with Gasteiger partial charge in [-0.3, -0.25) is 0 Å². The van der Waals surface area contributed by atoms with E-state index >= 15 is 0 Å². The highest BCUT2D eigenvalue weighted by molar-refractivity contribution is 5.71. The van der Waals surface area contributed by atoms with Crippen molar-refractivity contribution in [1.29, 1.82) is 0 Å². The van der Waals surface area contributed by atoms with Gasteiger partial charge in [-0.1, -0.05) is 30.3 Å². The third-order valence-electron chi connectivity index (χ3n) is 3.53. The highest BCUT2D eigenvalue weighted by Crippen LogP contribution is 2.34. The second-order valence-corrected chi connectivity index (χ2v) is 4.70. The fourth-order valence-corrected chi connectivity index (χ4v) is 2.73. The zero-order valence-electron chi connectivity index (χ0n) is 9.82. The standard InChI is InChI=1S/C16H16O/c17-14-10-13-8-4-5-9-15(13)16(11-14)12-6-2-1-3-7-12/h1-3,6-7,10-11,17H,4-5,8-9H2. The van der Waals surface area contributed by atoms with Crippen LogP contribution in [0.15, 0.2) is 42.5 Å². The van der Waals surface area contributed by atoms with E-state index in [0.29, 0.717) is 5.75 Å². The van der Waals surface area contributed by atoms with E-state index in [0.717, 1.165) is 12.8 Å². The van der Waals surface area contributed by atoms with Crippen molar-refractivity contribution >= 4 is 0 Å². The monoisotopic (exact) mass is 224 g/mol. The summed E-state index contributed by atoms with van der Waals surface area (Å²) in [5.41, 5.74) is 5.18. The molecule has 1 nitrogen and oxygen atoms in total. The third-order valence-corrected chi connectivity index (χ3v) is 3.53. The number of aryl methyl sites for hydroxylation is 1. The summed E-state index contributed by atoms with van der Waals surface area (Å²) in [6.45, 7) is 0. The lowest BCUT2D eigenvalue weighted by molar-refractivity contribution is 0.473. The van der Waals surface area contributed by atoms with Crippen molar-refractivity contribution in [1.82, 2.24) is 0 Å². The van der Waals surface area contributed by atoms with Crippen LogP contribution < -0.4 is 0 Å².